The molecule has 1 aromatic carbocycles. The summed E-state index contributed by atoms with van der Waals surface area (Å²) in [6.45, 7) is 2.62. The van der Waals surface area contributed by atoms with Gasteiger partial charge in [-0.1, -0.05) is 17.3 Å². The zero-order valence-corrected chi connectivity index (χ0v) is 10.5. The topological polar surface area (TPSA) is 76.7 Å². The van der Waals surface area contributed by atoms with E-state index in [0.29, 0.717) is 18.9 Å². The standard InChI is InChI=1S/C13H13N5O/c1-9-13(14-7-6-12-15-8-16-19-12)18-11-5-3-2-4-10(11)17-9/h2-5,8H,6-7H2,1H3,(H,14,18). The van der Waals surface area contributed by atoms with Gasteiger partial charge < -0.3 is 9.84 Å². The molecule has 0 amide bonds. The summed E-state index contributed by atoms with van der Waals surface area (Å²) in [5.74, 6) is 1.40. The molecule has 0 bridgehead atoms. The summed E-state index contributed by atoms with van der Waals surface area (Å²) in [6, 6.07) is 7.82. The van der Waals surface area contributed by atoms with Crippen molar-refractivity contribution in [1.82, 2.24) is 20.1 Å². The molecule has 0 radical (unpaired) electrons. The Kier molecular flexibility index (Phi) is 3.06. The molecule has 2 heterocycles. The second-order valence-electron chi connectivity index (χ2n) is 4.16. The number of benzene rings is 1. The number of hydrogen-bond acceptors (Lipinski definition) is 6. The van der Waals surface area contributed by atoms with E-state index in [4.69, 9.17) is 4.52 Å². The monoisotopic (exact) mass is 255 g/mol. The minimum atomic E-state index is 0.610. The molecular formula is C13H13N5O. The fourth-order valence-corrected chi connectivity index (χ4v) is 1.85. The van der Waals surface area contributed by atoms with Gasteiger partial charge in [0.1, 0.15) is 5.82 Å². The van der Waals surface area contributed by atoms with Gasteiger partial charge in [-0.05, 0) is 19.1 Å². The Balaban J connectivity index is 1.75. The van der Waals surface area contributed by atoms with E-state index in [1.165, 1.54) is 6.33 Å². The highest BCUT2D eigenvalue weighted by Crippen LogP contribution is 2.15. The van der Waals surface area contributed by atoms with Crippen molar-refractivity contribution in [2.75, 3.05) is 11.9 Å². The van der Waals surface area contributed by atoms with Crippen molar-refractivity contribution in [2.45, 2.75) is 13.3 Å². The van der Waals surface area contributed by atoms with Gasteiger partial charge >= 0.3 is 0 Å². The lowest BCUT2D eigenvalue weighted by atomic mass is 10.3. The van der Waals surface area contributed by atoms with Crippen LogP contribution in [0.5, 0.6) is 0 Å². The van der Waals surface area contributed by atoms with Crippen LogP contribution in [0.15, 0.2) is 35.1 Å². The molecule has 6 heteroatoms. The zero-order valence-electron chi connectivity index (χ0n) is 10.5. The van der Waals surface area contributed by atoms with Crippen LogP contribution in [0.25, 0.3) is 11.0 Å². The molecule has 0 saturated heterocycles. The summed E-state index contributed by atoms with van der Waals surface area (Å²) in [7, 11) is 0. The first kappa shape index (κ1) is 11.6. The number of anilines is 1. The Labute approximate surface area is 109 Å². The molecule has 0 saturated carbocycles. The Bertz CT molecular complexity index is 681. The highest BCUT2D eigenvalue weighted by Gasteiger charge is 2.05. The van der Waals surface area contributed by atoms with Crippen LogP contribution in [0.1, 0.15) is 11.6 Å². The third-order valence-electron chi connectivity index (χ3n) is 2.78. The highest BCUT2D eigenvalue weighted by molar-refractivity contribution is 5.76. The first-order valence-corrected chi connectivity index (χ1v) is 6.06. The molecule has 19 heavy (non-hydrogen) atoms. The Morgan fingerprint density at radius 2 is 1.95 bits per heavy atom. The number of fused-ring (bicyclic) bond motifs is 1. The summed E-state index contributed by atoms with van der Waals surface area (Å²) in [4.78, 5) is 13.0. The predicted molar refractivity (Wildman–Crippen MR) is 70.8 cm³/mol. The van der Waals surface area contributed by atoms with Crippen molar-refractivity contribution in [3.8, 4) is 0 Å². The third kappa shape index (κ3) is 2.52. The molecule has 0 aliphatic rings. The Morgan fingerprint density at radius 1 is 1.16 bits per heavy atom. The molecule has 0 unspecified atom stereocenters. The molecule has 2 aromatic heterocycles. The summed E-state index contributed by atoms with van der Waals surface area (Å²) < 4.78 is 4.93. The van der Waals surface area contributed by atoms with Gasteiger partial charge in [-0.2, -0.15) is 4.98 Å². The Hall–Kier alpha value is -2.50. The van der Waals surface area contributed by atoms with Crippen LogP contribution >= 0.6 is 0 Å². The maximum Gasteiger partial charge on any atom is 0.228 e. The molecule has 0 aliphatic carbocycles. The quantitative estimate of drug-likeness (QED) is 0.768. The molecule has 0 fully saturated rings. The maximum atomic E-state index is 4.93. The molecule has 0 aliphatic heterocycles. The van der Waals surface area contributed by atoms with Crippen molar-refractivity contribution in [2.24, 2.45) is 0 Å². The first-order valence-electron chi connectivity index (χ1n) is 6.06. The number of rotatable bonds is 4. The van der Waals surface area contributed by atoms with Gasteiger partial charge in [-0.25, -0.2) is 9.97 Å². The first-order chi connectivity index (χ1) is 9.33. The lowest BCUT2D eigenvalue weighted by Crippen LogP contribution is -2.09. The van der Waals surface area contributed by atoms with Crippen molar-refractivity contribution in [3.63, 3.8) is 0 Å². The molecule has 3 rings (SSSR count). The highest BCUT2D eigenvalue weighted by atomic mass is 16.5. The molecule has 1 N–H and O–H groups in total. The van der Waals surface area contributed by atoms with Crippen LogP contribution in [-0.2, 0) is 6.42 Å². The van der Waals surface area contributed by atoms with Crippen molar-refractivity contribution in [3.05, 3.63) is 42.2 Å². The van der Waals surface area contributed by atoms with E-state index in [0.717, 1.165) is 22.5 Å². The number of nitrogens with zero attached hydrogens (tertiary/aromatic N) is 4. The number of aromatic nitrogens is 4. The predicted octanol–water partition coefficient (Wildman–Crippen LogP) is 1.98. The van der Waals surface area contributed by atoms with E-state index >= 15 is 0 Å². The molecule has 3 aromatic rings. The number of nitrogens with one attached hydrogen (secondary N) is 1. The lowest BCUT2D eigenvalue weighted by molar-refractivity contribution is 0.379. The molecule has 96 valence electrons. The van der Waals surface area contributed by atoms with Crippen LogP contribution in [-0.4, -0.2) is 26.7 Å². The van der Waals surface area contributed by atoms with Crippen LogP contribution in [0.3, 0.4) is 0 Å². The number of para-hydroxylation sites is 2. The smallest absolute Gasteiger partial charge is 0.228 e. The molecular weight excluding hydrogens is 242 g/mol. The van der Waals surface area contributed by atoms with E-state index in [9.17, 15) is 0 Å². The second kappa shape index (κ2) is 5.01. The lowest BCUT2D eigenvalue weighted by Gasteiger charge is -2.08. The minimum absolute atomic E-state index is 0.610. The number of hydrogen-bond donors (Lipinski definition) is 1. The SMILES string of the molecule is Cc1nc2ccccc2nc1NCCc1ncno1. The molecule has 0 atom stereocenters. The van der Waals surface area contributed by atoms with Crippen molar-refractivity contribution in [1.29, 1.82) is 0 Å². The average Bonchev–Trinajstić information content (AvgIpc) is 2.92. The average molecular weight is 255 g/mol. The van der Waals surface area contributed by atoms with Crippen LogP contribution in [0, 0.1) is 6.92 Å². The second-order valence-corrected chi connectivity index (χ2v) is 4.16. The van der Waals surface area contributed by atoms with E-state index in [-0.39, 0.29) is 0 Å². The molecule has 0 spiro atoms. The van der Waals surface area contributed by atoms with Gasteiger partial charge in [0.2, 0.25) is 5.89 Å². The zero-order chi connectivity index (χ0) is 13.1. The third-order valence-corrected chi connectivity index (χ3v) is 2.78. The van der Waals surface area contributed by atoms with Crippen molar-refractivity contribution < 1.29 is 4.52 Å². The van der Waals surface area contributed by atoms with Gasteiger partial charge in [-0.3, -0.25) is 0 Å². The number of aryl methyl sites for hydroxylation is 1. The van der Waals surface area contributed by atoms with Crippen LogP contribution in [0.2, 0.25) is 0 Å². The fourth-order valence-electron chi connectivity index (χ4n) is 1.85. The summed E-state index contributed by atoms with van der Waals surface area (Å²) in [5, 5.41) is 6.81. The maximum absolute atomic E-state index is 4.93. The van der Waals surface area contributed by atoms with E-state index < -0.39 is 0 Å². The van der Waals surface area contributed by atoms with Gasteiger partial charge in [-0.15, -0.1) is 0 Å². The van der Waals surface area contributed by atoms with Crippen LogP contribution in [0.4, 0.5) is 5.82 Å². The van der Waals surface area contributed by atoms with Gasteiger partial charge in [0, 0.05) is 13.0 Å². The van der Waals surface area contributed by atoms with E-state index in [1.807, 2.05) is 31.2 Å². The van der Waals surface area contributed by atoms with E-state index in [2.05, 4.69) is 25.4 Å². The summed E-state index contributed by atoms with van der Waals surface area (Å²) in [5.41, 5.74) is 2.67. The summed E-state index contributed by atoms with van der Waals surface area (Å²) in [6.07, 6.45) is 2.06. The van der Waals surface area contributed by atoms with Gasteiger partial charge in [0.15, 0.2) is 6.33 Å². The van der Waals surface area contributed by atoms with Crippen LogP contribution < -0.4 is 5.32 Å². The minimum Gasteiger partial charge on any atom is -0.368 e. The largest absolute Gasteiger partial charge is 0.368 e. The fraction of sp³-hybridized carbons (Fsp3) is 0.231. The van der Waals surface area contributed by atoms with Gasteiger partial charge in [0.25, 0.3) is 0 Å². The Morgan fingerprint density at radius 3 is 2.68 bits per heavy atom. The van der Waals surface area contributed by atoms with Gasteiger partial charge in [0.05, 0.1) is 16.7 Å². The molecule has 6 nitrogen and oxygen atoms in total. The summed E-state index contributed by atoms with van der Waals surface area (Å²) >= 11 is 0. The normalized spacial score (nSPS) is 10.8. The van der Waals surface area contributed by atoms with Crippen molar-refractivity contribution >= 4 is 16.9 Å². The van der Waals surface area contributed by atoms with E-state index in [1.54, 1.807) is 0 Å².